The van der Waals surface area contributed by atoms with Crippen LogP contribution in [0.2, 0.25) is 0 Å². The Morgan fingerprint density at radius 1 is 1.29 bits per heavy atom. The average molecular weight is 385 g/mol. The second-order valence-corrected chi connectivity index (χ2v) is 6.20. The van der Waals surface area contributed by atoms with Crippen LogP contribution in [0.15, 0.2) is 47.1 Å². The number of rotatable bonds is 2. The number of benzene rings is 1. The van der Waals surface area contributed by atoms with E-state index in [1.165, 1.54) is 17.2 Å². The highest BCUT2D eigenvalue weighted by Crippen LogP contribution is 2.26. The van der Waals surface area contributed by atoms with Crippen LogP contribution in [0.1, 0.15) is 27.7 Å². The molecule has 6 nitrogen and oxygen atoms in total. The molecule has 0 aliphatic carbocycles. The Hall–Kier alpha value is -2.72. The van der Waals surface area contributed by atoms with Crippen molar-refractivity contribution in [2.45, 2.75) is 6.04 Å². The first-order valence-electron chi connectivity index (χ1n) is 7.30. The van der Waals surface area contributed by atoms with Gasteiger partial charge in [-0.3, -0.25) is 9.59 Å². The SMILES string of the molecule is N#Cc1ccc(C(=O)N2CCNC(=O)[C@H]2c2ccc(Br)cc2)nc1. The molecule has 0 radical (unpaired) electrons. The molecular weight excluding hydrogens is 372 g/mol. The largest absolute Gasteiger partial charge is 0.352 e. The number of aromatic nitrogens is 1. The average Bonchev–Trinajstić information content (AvgIpc) is 2.62. The van der Waals surface area contributed by atoms with Crippen molar-refractivity contribution in [3.05, 3.63) is 63.9 Å². The number of nitrogens with one attached hydrogen (secondary N) is 1. The van der Waals surface area contributed by atoms with Crippen molar-refractivity contribution in [2.24, 2.45) is 0 Å². The second-order valence-electron chi connectivity index (χ2n) is 5.29. The molecule has 1 saturated heterocycles. The number of halogens is 1. The van der Waals surface area contributed by atoms with Gasteiger partial charge in [0.05, 0.1) is 5.56 Å². The Morgan fingerprint density at radius 3 is 2.67 bits per heavy atom. The van der Waals surface area contributed by atoms with Crippen LogP contribution < -0.4 is 5.32 Å². The molecule has 3 rings (SSSR count). The van der Waals surface area contributed by atoms with Crippen LogP contribution in [-0.4, -0.2) is 34.8 Å². The second kappa shape index (κ2) is 6.81. The van der Waals surface area contributed by atoms with Gasteiger partial charge < -0.3 is 10.2 Å². The predicted octanol–water partition coefficient (Wildman–Crippen LogP) is 2.03. The van der Waals surface area contributed by atoms with Gasteiger partial charge in [-0.1, -0.05) is 28.1 Å². The molecule has 120 valence electrons. The topological polar surface area (TPSA) is 86.1 Å². The van der Waals surface area contributed by atoms with Crippen LogP contribution >= 0.6 is 15.9 Å². The number of amides is 2. The molecule has 0 unspecified atom stereocenters. The summed E-state index contributed by atoms with van der Waals surface area (Å²) in [6, 6.07) is 11.6. The number of hydrogen-bond donors (Lipinski definition) is 1. The van der Waals surface area contributed by atoms with Gasteiger partial charge in [0.15, 0.2) is 0 Å². The lowest BCUT2D eigenvalue weighted by Crippen LogP contribution is -2.52. The van der Waals surface area contributed by atoms with Gasteiger partial charge in [-0.05, 0) is 29.8 Å². The summed E-state index contributed by atoms with van der Waals surface area (Å²) in [5, 5.41) is 11.6. The Balaban J connectivity index is 1.93. The minimum atomic E-state index is -0.697. The Kier molecular flexibility index (Phi) is 4.58. The molecule has 0 saturated carbocycles. The van der Waals surface area contributed by atoms with E-state index in [9.17, 15) is 9.59 Å². The maximum atomic E-state index is 12.8. The van der Waals surface area contributed by atoms with Crippen molar-refractivity contribution >= 4 is 27.7 Å². The van der Waals surface area contributed by atoms with Gasteiger partial charge in [-0.2, -0.15) is 5.26 Å². The third-order valence-electron chi connectivity index (χ3n) is 3.77. The van der Waals surface area contributed by atoms with Crippen molar-refractivity contribution in [1.29, 1.82) is 5.26 Å². The molecule has 1 atom stereocenters. The lowest BCUT2D eigenvalue weighted by atomic mass is 10.0. The highest BCUT2D eigenvalue weighted by Gasteiger charge is 2.35. The number of nitrogens with zero attached hydrogens (tertiary/aromatic N) is 3. The van der Waals surface area contributed by atoms with Crippen LogP contribution in [0.25, 0.3) is 0 Å². The number of carbonyl (C=O) groups is 2. The molecule has 24 heavy (non-hydrogen) atoms. The standard InChI is InChI=1S/C17H13BrN4O2/c18-13-4-2-12(3-5-13)15-16(23)20-7-8-22(15)17(24)14-6-1-11(9-19)10-21-14/h1-6,10,15H,7-8H2,(H,20,23)/t15-/m1/s1. The summed E-state index contributed by atoms with van der Waals surface area (Å²) >= 11 is 3.36. The van der Waals surface area contributed by atoms with Crippen LogP contribution in [0, 0.1) is 11.3 Å². The molecule has 0 bridgehead atoms. The number of carbonyl (C=O) groups excluding carboxylic acids is 2. The summed E-state index contributed by atoms with van der Waals surface area (Å²) in [6.45, 7) is 0.793. The highest BCUT2D eigenvalue weighted by atomic mass is 79.9. The molecule has 2 aromatic rings. The molecule has 2 amide bonds. The van der Waals surface area contributed by atoms with Gasteiger partial charge in [0.1, 0.15) is 17.8 Å². The van der Waals surface area contributed by atoms with E-state index in [1.54, 1.807) is 6.07 Å². The molecule has 1 aliphatic rings. The van der Waals surface area contributed by atoms with Gasteiger partial charge >= 0.3 is 0 Å². The van der Waals surface area contributed by atoms with Crippen LogP contribution in [0.5, 0.6) is 0 Å². The van der Waals surface area contributed by atoms with Crippen molar-refractivity contribution in [2.75, 3.05) is 13.1 Å². The first kappa shape index (κ1) is 16.1. The maximum absolute atomic E-state index is 12.8. The summed E-state index contributed by atoms with van der Waals surface area (Å²) in [4.78, 5) is 30.7. The monoisotopic (exact) mass is 384 g/mol. The van der Waals surface area contributed by atoms with E-state index < -0.39 is 6.04 Å². The summed E-state index contributed by atoms with van der Waals surface area (Å²) < 4.78 is 0.897. The zero-order valence-electron chi connectivity index (χ0n) is 12.6. The van der Waals surface area contributed by atoms with Crippen molar-refractivity contribution in [3.63, 3.8) is 0 Å². The van der Waals surface area contributed by atoms with E-state index in [0.717, 1.165) is 10.0 Å². The zero-order valence-corrected chi connectivity index (χ0v) is 14.2. The van der Waals surface area contributed by atoms with E-state index in [2.05, 4.69) is 26.2 Å². The number of hydrogen-bond acceptors (Lipinski definition) is 4. The van der Waals surface area contributed by atoms with Crippen molar-refractivity contribution < 1.29 is 9.59 Å². The lowest BCUT2D eigenvalue weighted by molar-refractivity contribution is -0.128. The Bertz CT molecular complexity index is 812. The number of nitriles is 1. The summed E-state index contributed by atoms with van der Waals surface area (Å²) in [5.74, 6) is -0.548. The molecule has 1 aromatic carbocycles. The summed E-state index contributed by atoms with van der Waals surface area (Å²) in [7, 11) is 0. The van der Waals surface area contributed by atoms with Gasteiger partial charge in [-0.25, -0.2) is 4.98 Å². The van der Waals surface area contributed by atoms with Crippen LogP contribution in [0.3, 0.4) is 0 Å². The maximum Gasteiger partial charge on any atom is 0.273 e. The summed E-state index contributed by atoms with van der Waals surface area (Å²) in [6.07, 6.45) is 1.35. The fraction of sp³-hybridized carbons (Fsp3) is 0.176. The van der Waals surface area contributed by atoms with Crippen LogP contribution in [-0.2, 0) is 4.79 Å². The van der Waals surface area contributed by atoms with Gasteiger partial charge in [0.2, 0.25) is 5.91 Å². The molecular formula is C17H13BrN4O2. The third kappa shape index (κ3) is 3.14. The third-order valence-corrected chi connectivity index (χ3v) is 4.30. The molecule has 1 aliphatic heterocycles. The van der Waals surface area contributed by atoms with E-state index in [-0.39, 0.29) is 17.5 Å². The Morgan fingerprint density at radius 2 is 2.04 bits per heavy atom. The molecule has 1 fully saturated rings. The molecule has 0 spiro atoms. The van der Waals surface area contributed by atoms with E-state index in [4.69, 9.17) is 5.26 Å². The van der Waals surface area contributed by atoms with Gasteiger partial charge in [-0.15, -0.1) is 0 Å². The van der Waals surface area contributed by atoms with Crippen LogP contribution in [0.4, 0.5) is 0 Å². The smallest absolute Gasteiger partial charge is 0.273 e. The molecule has 1 aromatic heterocycles. The fourth-order valence-corrected chi connectivity index (χ4v) is 2.86. The number of pyridine rings is 1. The summed E-state index contributed by atoms with van der Waals surface area (Å²) in [5.41, 5.74) is 1.33. The van der Waals surface area contributed by atoms with Gasteiger partial charge in [0.25, 0.3) is 5.91 Å². The minimum absolute atomic E-state index is 0.214. The van der Waals surface area contributed by atoms with E-state index in [0.29, 0.717) is 18.7 Å². The van der Waals surface area contributed by atoms with Crippen molar-refractivity contribution in [1.82, 2.24) is 15.2 Å². The normalized spacial score (nSPS) is 17.1. The predicted molar refractivity (Wildman–Crippen MR) is 89.9 cm³/mol. The lowest BCUT2D eigenvalue weighted by Gasteiger charge is -2.35. The van der Waals surface area contributed by atoms with E-state index >= 15 is 0 Å². The molecule has 2 heterocycles. The first-order valence-corrected chi connectivity index (χ1v) is 8.10. The minimum Gasteiger partial charge on any atom is -0.352 e. The quantitative estimate of drug-likeness (QED) is 0.857. The zero-order chi connectivity index (χ0) is 17.1. The van der Waals surface area contributed by atoms with Crippen molar-refractivity contribution in [3.8, 4) is 6.07 Å². The Labute approximate surface area is 147 Å². The van der Waals surface area contributed by atoms with E-state index in [1.807, 2.05) is 30.3 Å². The van der Waals surface area contributed by atoms with Gasteiger partial charge in [0, 0.05) is 23.8 Å². The molecule has 1 N–H and O–H groups in total. The molecule has 7 heteroatoms. The highest BCUT2D eigenvalue weighted by molar-refractivity contribution is 9.10. The first-order chi connectivity index (χ1) is 11.6. The fourth-order valence-electron chi connectivity index (χ4n) is 2.60. The number of piperazine rings is 1.